The molecule has 17 heavy (non-hydrogen) atoms. The normalized spacial score (nSPS) is 25.6. The SMILES string of the molecule is O=C1CCC(C2CCCc3cccnc32)CC1. The Balaban J connectivity index is 1.83. The summed E-state index contributed by atoms with van der Waals surface area (Å²) in [6.07, 6.45) is 9.42. The number of nitrogens with zero attached hydrogens (tertiary/aromatic N) is 1. The summed E-state index contributed by atoms with van der Waals surface area (Å²) in [6, 6.07) is 4.27. The van der Waals surface area contributed by atoms with E-state index >= 15 is 0 Å². The zero-order valence-corrected chi connectivity index (χ0v) is 10.2. The van der Waals surface area contributed by atoms with Crippen LogP contribution in [0.15, 0.2) is 18.3 Å². The lowest BCUT2D eigenvalue weighted by atomic mass is 9.72. The number of ketones is 1. The summed E-state index contributed by atoms with van der Waals surface area (Å²) in [5.41, 5.74) is 2.78. The largest absolute Gasteiger partial charge is 0.300 e. The molecule has 2 nitrogen and oxygen atoms in total. The quantitative estimate of drug-likeness (QED) is 0.739. The maximum Gasteiger partial charge on any atom is 0.132 e. The summed E-state index contributed by atoms with van der Waals surface area (Å²) in [6.45, 7) is 0. The van der Waals surface area contributed by atoms with Gasteiger partial charge in [0.2, 0.25) is 0 Å². The minimum Gasteiger partial charge on any atom is -0.300 e. The van der Waals surface area contributed by atoms with Gasteiger partial charge in [0.25, 0.3) is 0 Å². The van der Waals surface area contributed by atoms with Gasteiger partial charge in [-0.3, -0.25) is 9.78 Å². The van der Waals surface area contributed by atoms with E-state index < -0.39 is 0 Å². The molecule has 1 unspecified atom stereocenters. The zero-order valence-electron chi connectivity index (χ0n) is 10.2. The highest BCUT2D eigenvalue weighted by Crippen LogP contribution is 2.41. The summed E-state index contributed by atoms with van der Waals surface area (Å²) in [5.74, 6) is 1.77. The third-order valence-electron chi connectivity index (χ3n) is 4.40. The molecule has 0 aliphatic heterocycles. The van der Waals surface area contributed by atoms with E-state index in [1.165, 1.54) is 30.5 Å². The second kappa shape index (κ2) is 4.59. The van der Waals surface area contributed by atoms with Gasteiger partial charge in [-0.2, -0.15) is 0 Å². The van der Waals surface area contributed by atoms with Crippen molar-refractivity contribution in [3.63, 3.8) is 0 Å². The van der Waals surface area contributed by atoms with Gasteiger partial charge in [-0.25, -0.2) is 0 Å². The first-order valence-electron chi connectivity index (χ1n) is 6.80. The van der Waals surface area contributed by atoms with Crippen molar-refractivity contribution in [1.82, 2.24) is 4.98 Å². The topological polar surface area (TPSA) is 30.0 Å². The van der Waals surface area contributed by atoms with Crippen LogP contribution in [-0.4, -0.2) is 10.8 Å². The average molecular weight is 229 g/mol. The van der Waals surface area contributed by atoms with Gasteiger partial charge in [-0.05, 0) is 49.7 Å². The van der Waals surface area contributed by atoms with Crippen LogP contribution in [0.3, 0.4) is 0 Å². The van der Waals surface area contributed by atoms with Crippen molar-refractivity contribution in [2.75, 3.05) is 0 Å². The smallest absolute Gasteiger partial charge is 0.132 e. The Kier molecular flexibility index (Phi) is 2.96. The number of carbonyl (C=O) groups is 1. The van der Waals surface area contributed by atoms with Gasteiger partial charge >= 0.3 is 0 Å². The van der Waals surface area contributed by atoms with E-state index in [-0.39, 0.29) is 0 Å². The highest BCUT2D eigenvalue weighted by atomic mass is 16.1. The molecule has 0 saturated heterocycles. The number of aryl methyl sites for hydroxylation is 1. The number of aromatic nitrogens is 1. The Hall–Kier alpha value is -1.18. The fraction of sp³-hybridized carbons (Fsp3) is 0.600. The minimum atomic E-state index is 0.457. The molecule has 0 bridgehead atoms. The third-order valence-corrected chi connectivity index (χ3v) is 4.40. The van der Waals surface area contributed by atoms with Gasteiger partial charge in [0.05, 0.1) is 0 Å². The summed E-state index contributed by atoms with van der Waals surface area (Å²) in [5, 5.41) is 0. The monoisotopic (exact) mass is 229 g/mol. The zero-order chi connectivity index (χ0) is 11.7. The van der Waals surface area contributed by atoms with Gasteiger partial charge < -0.3 is 0 Å². The van der Waals surface area contributed by atoms with E-state index in [0.717, 1.165) is 25.7 Å². The molecule has 0 radical (unpaired) electrons. The highest BCUT2D eigenvalue weighted by Gasteiger charge is 2.31. The molecule has 1 aromatic heterocycles. The van der Waals surface area contributed by atoms with Crippen molar-refractivity contribution in [1.29, 1.82) is 0 Å². The minimum absolute atomic E-state index is 0.457. The maximum absolute atomic E-state index is 11.3. The van der Waals surface area contributed by atoms with Crippen molar-refractivity contribution in [2.24, 2.45) is 5.92 Å². The van der Waals surface area contributed by atoms with Crippen molar-refractivity contribution < 1.29 is 4.79 Å². The van der Waals surface area contributed by atoms with E-state index in [0.29, 0.717) is 17.6 Å². The predicted octanol–water partition coefficient (Wildman–Crippen LogP) is 3.26. The lowest BCUT2D eigenvalue weighted by Crippen LogP contribution is -2.24. The first kappa shape index (κ1) is 10.9. The lowest BCUT2D eigenvalue weighted by Gasteiger charge is -2.33. The molecule has 90 valence electrons. The predicted molar refractivity (Wildman–Crippen MR) is 66.9 cm³/mol. The van der Waals surface area contributed by atoms with Crippen molar-refractivity contribution in [3.05, 3.63) is 29.6 Å². The molecule has 1 heterocycles. The molecule has 1 saturated carbocycles. The third kappa shape index (κ3) is 2.13. The van der Waals surface area contributed by atoms with E-state index in [4.69, 9.17) is 0 Å². The highest BCUT2D eigenvalue weighted by molar-refractivity contribution is 5.79. The molecular weight excluding hydrogens is 210 g/mol. The Morgan fingerprint density at radius 1 is 1.12 bits per heavy atom. The van der Waals surface area contributed by atoms with Crippen LogP contribution in [0, 0.1) is 5.92 Å². The van der Waals surface area contributed by atoms with Gasteiger partial charge in [-0.1, -0.05) is 6.07 Å². The van der Waals surface area contributed by atoms with E-state index in [1.54, 1.807) is 0 Å². The average Bonchev–Trinajstić information content (AvgIpc) is 2.39. The van der Waals surface area contributed by atoms with Crippen LogP contribution in [0.5, 0.6) is 0 Å². The molecule has 0 spiro atoms. The summed E-state index contributed by atoms with van der Waals surface area (Å²) >= 11 is 0. The maximum atomic E-state index is 11.3. The number of carbonyl (C=O) groups excluding carboxylic acids is 1. The van der Waals surface area contributed by atoms with Crippen LogP contribution >= 0.6 is 0 Å². The molecular formula is C15H19NO. The number of fused-ring (bicyclic) bond motifs is 1. The van der Waals surface area contributed by atoms with Gasteiger partial charge in [0.1, 0.15) is 5.78 Å². The molecule has 0 N–H and O–H groups in total. The molecule has 1 aromatic rings. The number of rotatable bonds is 1. The molecule has 1 fully saturated rings. The molecule has 2 heteroatoms. The van der Waals surface area contributed by atoms with Crippen LogP contribution in [0.1, 0.15) is 55.7 Å². The molecule has 1 atom stereocenters. The number of Topliss-reactive ketones (excluding diaryl/α,β-unsaturated/α-hetero) is 1. The Morgan fingerprint density at radius 3 is 2.76 bits per heavy atom. The van der Waals surface area contributed by atoms with Crippen LogP contribution in [-0.2, 0) is 11.2 Å². The second-order valence-corrected chi connectivity index (χ2v) is 5.42. The Morgan fingerprint density at radius 2 is 1.94 bits per heavy atom. The molecule has 2 aliphatic carbocycles. The standard InChI is InChI=1S/C15H19NO/c17-13-8-6-11(7-9-13)14-5-1-3-12-4-2-10-16-15(12)14/h2,4,10-11,14H,1,3,5-9H2. The lowest BCUT2D eigenvalue weighted by molar-refractivity contribution is -0.121. The second-order valence-electron chi connectivity index (χ2n) is 5.42. The van der Waals surface area contributed by atoms with Crippen LogP contribution < -0.4 is 0 Å². The van der Waals surface area contributed by atoms with Crippen molar-refractivity contribution >= 4 is 5.78 Å². The van der Waals surface area contributed by atoms with Crippen molar-refractivity contribution in [3.8, 4) is 0 Å². The van der Waals surface area contributed by atoms with E-state index in [9.17, 15) is 4.79 Å². The molecule has 0 aromatic carbocycles. The van der Waals surface area contributed by atoms with Crippen molar-refractivity contribution in [2.45, 2.75) is 50.9 Å². The number of pyridine rings is 1. The van der Waals surface area contributed by atoms with E-state index in [2.05, 4.69) is 11.1 Å². The van der Waals surface area contributed by atoms with Crippen LogP contribution in [0.2, 0.25) is 0 Å². The first-order chi connectivity index (χ1) is 8.34. The Bertz CT molecular complexity index is 417. The first-order valence-corrected chi connectivity index (χ1v) is 6.80. The molecule has 0 amide bonds. The summed E-state index contributed by atoms with van der Waals surface area (Å²) in [4.78, 5) is 15.9. The van der Waals surface area contributed by atoms with Gasteiger partial charge in [0, 0.05) is 30.7 Å². The van der Waals surface area contributed by atoms with Crippen LogP contribution in [0.25, 0.3) is 0 Å². The Labute approximate surface area is 102 Å². The van der Waals surface area contributed by atoms with Gasteiger partial charge in [0.15, 0.2) is 0 Å². The molecule has 3 rings (SSSR count). The summed E-state index contributed by atoms with van der Waals surface area (Å²) in [7, 11) is 0. The number of hydrogen-bond donors (Lipinski definition) is 0. The summed E-state index contributed by atoms with van der Waals surface area (Å²) < 4.78 is 0. The fourth-order valence-electron chi connectivity index (χ4n) is 3.47. The molecule has 2 aliphatic rings. The van der Waals surface area contributed by atoms with Gasteiger partial charge in [-0.15, -0.1) is 0 Å². The van der Waals surface area contributed by atoms with Crippen LogP contribution in [0.4, 0.5) is 0 Å². The van der Waals surface area contributed by atoms with E-state index in [1.807, 2.05) is 12.3 Å². The number of hydrogen-bond acceptors (Lipinski definition) is 2. The fourth-order valence-corrected chi connectivity index (χ4v) is 3.47.